The standard InChI is InChI=1S/C19H15F3N4O2S/c1-26-9-11-4-10(8-23-17(11)25-26)13-2-3-15-14(24-13)5-16(29-15)18(27)6-12(7-18)28-19(20,21)22/h2-5,8-9,12,27H,6-7H2,1H3. The van der Waals surface area contributed by atoms with Gasteiger partial charge in [-0.25, -0.2) is 9.97 Å². The predicted molar refractivity (Wildman–Crippen MR) is 101 cm³/mol. The number of thiophene rings is 1. The molecule has 0 atom stereocenters. The predicted octanol–water partition coefficient (Wildman–Crippen LogP) is 4.13. The number of aliphatic hydroxyl groups is 1. The van der Waals surface area contributed by atoms with E-state index in [-0.39, 0.29) is 12.8 Å². The average Bonchev–Trinajstić information content (AvgIpc) is 3.19. The Morgan fingerprint density at radius 2 is 2.07 bits per heavy atom. The van der Waals surface area contributed by atoms with Gasteiger partial charge in [-0.05, 0) is 24.3 Å². The molecule has 4 aromatic rings. The van der Waals surface area contributed by atoms with E-state index >= 15 is 0 Å². The number of aryl methyl sites for hydroxylation is 1. The number of nitrogens with zero attached hydrogens (tertiary/aromatic N) is 4. The minimum Gasteiger partial charge on any atom is -0.384 e. The fourth-order valence-electron chi connectivity index (χ4n) is 3.65. The van der Waals surface area contributed by atoms with Gasteiger partial charge < -0.3 is 5.11 Å². The van der Waals surface area contributed by atoms with E-state index in [4.69, 9.17) is 0 Å². The van der Waals surface area contributed by atoms with Gasteiger partial charge in [0.1, 0.15) is 5.60 Å². The third kappa shape index (κ3) is 3.37. The van der Waals surface area contributed by atoms with Crippen molar-refractivity contribution in [2.45, 2.75) is 30.9 Å². The van der Waals surface area contributed by atoms with Gasteiger partial charge in [-0.3, -0.25) is 9.42 Å². The van der Waals surface area contributed by atoms with E-state index in [0.29, 0.717) is 16.0 Å². The molecule has 0 spiro atoms. The average molecular weight is 420 g/mol. The Kier molecular flexibility index (Phi) is 3.96. The van der Waals surface area contributed by atoms with Crippen molar-refractivity contribution in [3.8, 4) is 11.3 Å². The zero-order chi connectivity index (χ0) is 20.4. The SMILES string of the molecule is Cn1cc2cc(-c3ccc4sc(C5(O)CC(OC(F)(F)F)C5)cc4n3)cnc2n1. The number of hydrogen-bond donors (Lipinski definition) is 1. The molecule has 0 aliphatic heterocycles. The lowest BCUT2D eigenvalue weighted by atomic mass is 9.76. The highest BCUT2D eigenvalue weighted by Gasteiger charge is 2.50. The summed E-state index contributed by atoms with van der Waals surface area (Å²) in [4.78, 5) is 9.60. The highest BCUT2D eigenvalue weighted by molar-refractivity contribution is 7.19. The Labute approximate surface area is 166 Å². The van der Waals surface area contributed by atoms with Crippen LogP contribution in [0.5, 0.6) is 0 Å². The van der Waals surface area contributed by atoms with Crippen molar-refractivity contribution < 1.29 is 23.0 Å². The minimum absolute atomic E-state index is 0.0895. The van der Waals surface area contributed by atoms with Crippen LogP contribution in [0.1, 0.15) is 17.7 Å². The molecule has 0 amide bonds. The molecule has 0 bridgehead atoms. The second-order valence-corrected chi connectivity index (χ2v) is 8.34. The summed E-state index contributed by atoms with van der Waals surface area (Å²) in [5.74, 6) is 0. The van der Waals surface area contributed by atoms with E-state index in [0.717, 1.165) is 21.3 Å². The molecule has 29 heavy (non-hydrogen) atoms. The van der Waals surface area contributed by atoms with Crippen LogP contribution in [0.15, 0.2) is 36.7 Å². The molecule has 150 valence electrons. The van der Waals surface area contributed by atoms with Crippen LogP contribution in [-0.2, 0) is 17.4 Å². The number of alkyl halides is 3. The van der Waals surface area contributed by atoms with Gasteiger partial charge in [0.2, 0.25) is 0 Å². The van der Waals surface area contributed by atoms with Crippen LogP contribution >= 0.6 is 11.3 Å². The largest absolute Gasteiger partial charge is 0.522 e. The Hall–Kier alpha value is -2.56. The van der Waals surface area contributed by atoms with E-state index in [2.05, 4.69) is 19.8 Å². The van der Waals surface area contributed by atoms with Crippen molar-refractivity contribution in [1.29, 1.82) is 0 Å². The maximum absolute atomic E-state index is 12.3. The second kappa shape index (κ2) is 6.22. The lowest BCUT2D eigenvalue weighted by molar-refractivity contribution is -0.364. The number of fused-ring (bicyclic) bond motifs is 2. The molecule has 1 N–H and O–H groups in total. The monoisotopic (exact) mass is 420 g/mol. The summed E-state index contributed by atoms with van der Waals surface area (Å²) in [7, 11) is 1.83. The van der Waals surface area contributed by atoms with Crippen molar-refractivity contribution in [3.05, 3.63) is 41.5 Å². The molecule has 10 heteroatoms. The summed E-state index contributed by atoms with van der Waals surface area (Å²) < 4.78 is 43.5. The molecule has 1 saturated carbocycles. The lowest BCUT2D eigenvalue weighted by Gasteiger charge is -2.42. The van der Waals surface area contributed by atoms with Crippen LogP contribution in [0.25, 0.3) is 32.5 Å². The number of pyridine rings is 2. The first-order valence-corrected chi connectivity index (χ1v) is 9.68. The number of hydrogen-bond acceptors (Lipinski definition) is 6. The summed E-state index contributed by atoms with van der Waals surface area (Å²) in [6.07, 6.45) is -2.31. The van der Waals surface area contributed by atoms with E-state index in [9.17, 15) is 18.3 Å². The zero-order valence-electron chi connectivity index (χ0n) is 15.1. The fraction of sp³-hybridized carbons (Fsp3) is 0.316. The first kappa shape index (κ1) is 18.5. The third-order valence-electron chi connectivity index (χ3n) is 5.03. The van der Waals surface area contributed by atoms with Gasteiger partial charge in [-0.1, -0.05) is 0 Å². The van der Waals surface area contributed by atoms with Crippen molar-refractivity contribution in [2.24, 2.45) is 7.05 Å². The molecular formula is C19H15F3N4O2S. The van der Waals surface area contributed by atoms with Crippen LogP contribution in [0.3, 0.4) is 0 Å². The Bertz CT molecular complexity index is 1230. The molecule has 0 aromatic carbocycles. The Morgan fingerprint density at radius 1 is 1.28 bits per heavy atom. The van der Waals surface area contributed by atoms with Crippen molar-refractivity contribution in [3.63, 3.8) is 0 Å². The maximum atomic E-state index is 12.3. The molecule has 4 heterocycles. The summed E-state index contributed by atoms with van der Waals surface area (Å²) in [5.41, 5.74) is 1.58. The topological polar surface area (TPSA) is 73.1 Å². The fourth-order valence-corrected chi connectivity index (χ4v) is 4.76. The molecule has 1 aliphatic carbocycles. The van der Waals surface area contributed by atoms with Gasteiger partial charge in [0, 0.05) is 48.1 Å². The summed E-state index contributed by atoms with van der Waals surface area (Å²) in [6.45, 7) is 0. The molecule has 0 saturated heterocycles. The van der Waals surface area contributed by atoms with E-state index in [1.165, 1.54) is 11.3 Å². The molecule has 4 aromatic heterocycles. The number of rotatable bonds is 3. The van der Waals surface area contributed by atoms with Crippen LogP contribution in [-0.4, -0.2) is 37.3 Å². The first-order valence-electron chi connectivity index (χ1n) is 8.86. The van der Waals surface area contributed by atoms with Crippen molar-refractivity contribution in [2.75, 3.05) is 0 Å². The molecule has 1 aliphatic rings. The number of ether oxygens (including phenoxy) is 1. The molecule has 0 radical (unpaired) electrons. The highest BCUT2D eigenvalue weighted by atomic mass is 32.1. The summed E-state index contributed by atoms with van der Waals surface area (Å²) >= 11 is 1.33. The number of aromatic nitrogens is 4. The Balaban J connectivity index is 1.43. The maximum Gasteiger partial charge on any atom is 0.522 e. The molecule has 5 rings (SSSR count). The lowest BCUT2D eigenvalue weighted by Crippen LogP contribution is -2.47. The van der Waals surface area contributed by atoms with Gasteiger partial charge in [-0.2, -0.15) is 5.10 Å². The van der Waals surface area contributed by atoms with E-state index < -0.39 is 18.1 Å². The van der Waals surface area contributed by atoms with Crippen LogP contribution < -0.4 is 0 Å². The molecular weight excluding hydrogens is 405 g/mol. The molecule has 0 unspecified atom stereocenters. The quantitative estimate of drug-likeness (QED) is 0.540. The van der Waals surface area contributed by atoms with Crippen molar-refractivity contribution >= 4 is 32.6 Å². The van der Waals surface area contributed by atoms with Gasteiger partial charge >= 0.3 is 6.36 Å². The normalized spacial score (nSPS) is 22.3. The number of halogens is 3. The minimum atomic E-state index is -4.69. The second-order valence-electron chi connectivity index (χ2n) is 7.26. The molecule has 6 nitrogen and oxygen atoms in total. The Morgan fingerprint density at radius 3 is 2.83 bits per heavy atom. The highest BCUT2D eigenvalue weighted by Crippen LogP contribution is 2.48. The van der Waals surface area contributed by atoms with Gasteiger partial charge in [0.15, 0.2) is 5.65 Å². The summed E-state index contributed by atoms with van der Waals surface area (Å²) in [5, 5.41) is 15.8. The van der Waals surface area contributed by atoms with Crippen LogP contribution in [0, 0.1) is 0 Å². The third-order valence-corrected chi connectivity index (χ3v) is 6.32. The molecule has 1 fully saturated rings. The summed E-state index contributed by atoms with van der Waals surface area (Å²) in [6, 6.07) is 7.45. The van der Waals surface area contributed by atoms with E-state index in [1.807, 2.05) is 31.4 Å². The zero-order valence-corrected chi connectivity index (χ0v) is 16.0. The van der Waals surface area contributed by atoms with Crippen LogP contribution in [0.4, 0.5) is 13.2 Å². The van der Waals surface area contributed by atoms with Gasteiger partial charge in [0.25, 0.3) is 0 Å². The van der Waals surface area contributed by atoms with Crippen molar-refractivity contribution in [1.82, 2.24) is 19.7 Å². The smallest absolute Gasteiger partial charge is 0.384 e. The first-order chi connectivity index (χ1) is 13.7. The van der Waals surface area contributed by atoms with E-state index in [1.54, 1.807) is 16.9 Å². The van der Waals surface area contributed by atoms with Gasteiger partial charge in [-0.15, -0.1) is 24.5 Å². The van der Waals surface area contributed by atoms with Gasteiger partial charge in [0.05, 0.1) is 22.0 Å². The van der Waals surface area contributed by atoms with Crippen LogP contribution in [0.2, 0.25) is 0 Å².